The molecule has 1 heterocycles. The Labute approximate surface area is 126 Å². The van der Waals surface area contributed by atoms with Crippen LogP contribution in [0.2, 0.25) is 0 Å². The fraction of sp³-hybridized carbons (Fsp3) is 0.412. The van der Waals surface area contributed by atoms with Crippen molar-refractivity contribution in [2.24, 2.45) is 0 Å². The van der Waals surface area contributed by atoms with E-state index in [1.165, 1.54) is 18.4 Å². The number of hydrogen-bond acceptors (Lipinski definition) is 4. The van der Waals surface area contributed by atoms with Gasteiger partial charge in [0.1, 0.15) is 0 Å². The molecule has 21 heavy (non-hydrogen) atoms. The van der Waals surface area contributed by atoms with E-state index in [9.17, 15) is 0 Å². The highest BCUT2D eigenvalue weighted by atomic mass is 15.2. The van der Waals surface area contributed by atoms with E-state index in [0.717, 1.165) is 37.2 Å². The van der Waals surface area contributed by atoms with Crippen molar-refractivity contribution in [1.82, 2.24) is 15.3 Å². The molecule has 2 aromatic rings. The quantitative estimate of drug-likeness (QED) is 0.848. The number of rotatable bonds is 7. The lowest BCUT2D eigenvalue weighted by atomic mass is 10.2. The first-order valence-corrected chi connectivity index (χ1v) is 7.68. The minimum atomic E-state index is 0.717. The largest absolute Gasteiger partial charge is 0.337 e. The topological polar surface area (TPSA) is 41.1 Å². The van der Waals surface area contributed by atoms with Crippen molar-refractivity contribution in [2.75, 3.05) is 11.4 Å². The summed E-state index contributed by atoms with van der Waals surface area (Å²) in [6.45, 7) is 4.75. The summed E-state index contributed by atoms with van der Waals surface area (Å²) in [7, 11) is 0. The molecule has 1 aromatic heterocycles. The van der Waals surface area contributed by atoms with Crippen LogP contribution < -0.4 is 10.2 Å². The van der Waals surface area contributed by atoms with Crippen LogP contribution in [0.4, 0.5) is 5.95 Å². The van der Waals surface area contributed by atoms with Crippen LogP contribution in [0.25, 0.3) is 0 Å². The summed E-state index contributed by atoms with van der Waals surface area (Å²) in [6, 6.07) is 11.2. The normalized spacial score (nSPS) is 14.1. The molecule has 0 amide bonds. The van der Waals surface area contributed by atoms with Crippen molar-refractivity contribution >= 4 is 5.95 Å². The summed E-state index contributed by atoms with van der Waals surface area (Å²) in [5.41, 5.74) is 2.43. The summed E-state index contributed by atoms with van der Waals surface area (Å²) >= 11 is 0. The molecule has 0 radical (unpaired) electrons. The first-order valence-electron chi connectivity index (χ1n) is 7.68. The number of nitrogens with zero attached hydrogens (tertiary/aromatic N) is 3. The van der Waals surface area contributed by atoms with Gasteiger partial charge in [0.15, 0.2) is 0 Å². The van der Waals surface area contributed by atoms with Crippen LogP contribution in [-0.2, 0) is 13.1 Å². The van der Waals surface area contributed by atoms with Gasteiger partial charge in [0, 0.05) is 43.6 Å². The van der Waals surface area contributed by atoms with Crippen LogP contribution in [0.3, 0.4) is 0 Å². The van der Waals surface area contributed by atoms with Crippen LogP contribution in [0.5, 0.6) is 0 Å². The van der Waals surface area contributed by atoms with E-state index >= 15 is 0 Å². The van der Waals surface area contributed by atoms with Crippen LogP contribution in [0.1, 0.15) is 30.9 Å². The number of aromatic nitrogens is 2. The van der Waals surface area contributed by atoms with Crippen molar-refractivity contribution < 1.29 is 0 Å². The molecule has 0 bridgehead atoms. The Hall–Kier alpha value is -1.94. The summed E-state index contributed by atoms with van der Waals surface area (Å²) in [5.74, 6) is 0.802. The number of anilines is 1. The molecule has 0 spiro atoms. The van der Waals surface area contributed by atoms with E-state index in [1.807, 2.05) is 18.5 Å². The fourth-order valence-electron chi connectivity index (χ4n) is 2.28. The minimum Gasteiger partial charge on any atom is -0.337 e. The number of benzene rings is 1. The van der Waals surface area contributed by atoms with Crippen LogP contribution in [-0.4, -0.2) is 22.6 Å². The Morgan fingerprint density at radius 2 is 1.81 bits per heavy atom. The van der Waals surface area contributed by atoms with E-state index in [2.05, 4.69) is 51.4 Å². The molecule has 1 aliphatic carbocycles. The lowest BCUT2D eigenvalue weighted by Crippen LogP contribution is -2.24. The predicted molar refractivity (Wildman–Crippen MR) is 85.1 cm³/mol. The zero-order valence-electron chi connectivity index (χ0n) is 12.5. The number of hydrogen-bond donors (Lipinski definition) is 1. The Morgan fingerprint density at radius 1 is 1.10 bits per heavy atom. The molecule has 0 atom stereocenters. The van der Waals surface area contributed by atoms with Crippen LogP contribution in [0, 0.1) is 0 Å². The average Bonchev–Trinajstić information content (AvgIpc) is 3.37. The molecule has 3 rings (SSSR count). The van der Waals surface area contributed by atoms with Gasteiger partial charge in [-0.05, 0) is 25.3 Å². The van der Waals surface area contributed by atoms with Gasteiger partial charge in [-0.1, -0.05) is 30.3 Å². The van der Waals surface area contributed by atoms with Gasteiger partial charge in [-0.3, -0.25) is 0 Å². The molecule has 1 aromatic carbocycles. The lowest BCUT2D eigenvalue weighted by molar-refractivity contribution is 0.681. The van der Waals surface area contributed by atoms with E-state index in [1.54, 1.807) is 0 Å². The highest BCUT2D eigenvalue weighted by Crippen LogP contribution is 2.19. The molecule has 1 fully saturated rings. The van der Waals surface area contributed by atoms with Gasteiger partial charge in [0.05, 0.1) is 0 Å². The highest BCUT2D eigenvalue weighted by molar-refractivity contribution is 5.32. The second-order valence-corrected chi connectivity index (χ2v) is 5.55. The standard InChI is InChI=1S/C17H22N4/c1-2-21(13-14-6-4-3-5-7-14)17-19-11-15(12-20-17)10-18-16-8-9-16/h3-7,11-12,16,18H,2,8-10,13H2,1H3. The summed E-state index contributed by atoms with van der Waals surface area (Å²) < 4.78 is 0. The molecular formula is C17H22N4. The summed E-state index contributed by atoms with van der Waals surface area (Å²) in [4.78, 5) is 11.2. The molecule has 4 heteroatoms. The van der Waals surface area contributed by atoms with Gasteiger partial charge in [-0.25, -0.2) is 9.97 Å². The van der Waals surface area contributed by atoms with Crippen molar-refractivity contribution in [1.29, 1.82) is 0 Å². The SMILES string of the molecule is CCN(Cc1ccccc1)c1ncc(CNC2CC2)cn1. The Balaban J connectivity index is 1.62. The van der Waals surface area contributed by atoms with Crippen molar-refractivity contribution in [3.05, 3.63) is 53.9 Å². The second kappa shape index (κ2) is 6.68. The van der Waals surface area contributed by atoms with Crippen molar-refractivity contribution in [3.63, 3.8) is 0 Å². The molecule has 0 unspecified atom stereocenters. The van der Waals surface area contributed by atoms with Gasteiger partial charge in [-0.2, -0.15) is 0 Å². The van der Waals surface area contributed by atoms with Crippen molar-refractivity contribution in [3.8, 4) is 0 Å². The third-order valence-electron chi connectivity index (χ3n) is 3.74. The summed E-state index contributed by atoms with van der Waals surface area (Å²) in [6.07, 6.45) is 6.48. The number of nitrogens with one attached hydrogen (secondary N) is 1. The molecular weight excluding hydrogens is 260 g/mol. The van der Waals surface area contributed by atoms with Gasteiger partial charge in [-0.15, -0.1) is 0 Å². The first-order chi connectivity index (χ1) is 10.3. The molecule has 110 valence electrons. The molecule has 1 aliphatic rings. The third kappa shape index (κ3) is 4.02. The van der Waals surface area contributed by atoms with E-state index < -0.39 is 0 Å². The maximum atomic E-state index is 4.52. The first kappa shape index (κ1) is 14.0. The molecule has 4 nitrogen and oxygen atoms in total. The van der Waals surface area contributed by atoms with Crippen molar-refractivity contribution in [2.45, 2.75) is 38.9 Å². The van der Waals surface area contributed by atoms with E-state index in [0.29, 0.717) is 0 Å². The van der Waals surface area contributed by atoms with Gasteiger partial charge in [0.25, 0.3) is 0 Å². The maximum Gasteiger partial charge on any atom is 0.225 e. The van der Waals surface area contributed by atoms with Gasteiger partial charge < -0.3 is 10.2 Å². The predicted octanol–water partition coefficient (Wildman–Crippen LogP) is 2.76. The molecule has 0 aliphatic heterocycles. The van der Waals surface area contributed by atoms with Crippen LogP contribution >= 0.6 is 0 Å². The second-order valence-electron chi connectivity index (χ2n) is 5.55. The monoisotopic (exact) mass is 282 g/mol. The Kier molecular flexibility index (Phi) is 4.46. The minimum absolute atomic E-state index is 0.717. The van der Waals surface area contributed by atoms with E-state index in [4.69, 9.17) is 0 Å². The highest BCUT2D eigenvalue weighted by Gasteiger charge is 2.20. The maximum absolute atomic E-state index is 4.52. The molecule has 0 saturated heterocycles. The lowest BCUT2D eigenvalue weighted by Gasteiger charge is -2.20. The van der Waals surface area contributed by atoms with Gasteiger partial charge in [0.2, 0.25) is 5.95 Å². The third-order valence-corrected chi connectivity index (χ3v) is 3.74. The molecule has 1 N–H and O–H groups in total. The Morgan fingerprint density at radius 3 is 2.43 bits per heavy atom. The zero-order valence-corrected chi connectivity index (χ0v) is 12.5. The zero-order chi connectivity index (χ0) is 14.5. The average molecular weight is 282 g/mol. The molecule has 1 saturated carbocycles. The van der Waals surface area contributed by atoms with E-state index in [-0.39, 0.29) is 0 Å². The van der Waals surface area contributed by atoms with Crippen LogP contribution in [0.15, 0.2) is 42.7 Å². The smallest absolute Gasteiger partial charge is 0.225 e. The Bertz CT molecular complexity index is 549. The summed E-state index contributed by atoms with van der Waals surface area (Å²) in [5, 5.41) is 3.48. The van der Waals surface area contributed by atoms with Gasteiger partial charge >= 0.3 is 0 Å². The fourth-order valence-corrected chi connectivity index (χ4v) is 2.28.